The Labute approximate surface area is 173 Å². The molecule has 1 amide bonds. The Morgan fingerprint density at radius 3 is 2.53 bits per heavy atom. The first-order valence-corrected chi connectivity index (χ1v) is 10.7. The van der Waals surface area contributed by atoms with Crippen molar-refractivity contribution in [1.82, 2.24) is 20.1 Å². The number of nitrogens with one attached hydrogen (secondary N) is 1. The van der Waals surface area contributed by atoms with Gasteiger partial charge in [0.15, 0.2) is 0 Å². The van der Waals surface area contributed by atoms with Gasteiger partial charge in [-0.05, 0) is 49.2 Å². The van der Waals surface area contributed by atoms with Crippen molar-refractivity contribution in [1.29, 1.82) is 0 Å². The molecule has 0 aliphatic heterocycles. The molecule has 3 aromatic rings. The van der Waals surface area contributed by atoms with Crippen LogP contribution in [0.25, 0.3) is 11.3 Å². The topological polar surface area (TPSA) is 137 Å². The quantitative estimate of drug-likeness (QED) is 0.574. The van der Waals surface area contributed by atoms with Crippen LogP contribution in [0.4, 0.5) is 0 Å². The van der Waals surface area contributed by atoms with Crippen molar-refractivity contribution < 1.29 is 13.2 Å². The van der Waals surface area contributed by atoms with Crippen LogP contribution in [0.2, 0.25) is 0 Å². The molecule has 3 rings (SSSR count). The van der Waals surface area contributed by atoms with Gasteiger partial charge in [-0.3, -0.25) is 14.6 Å². The van der Waals surface area contributed by atoms with Crippen LogP contribution >= 0.6 is 0 Å². The molecule has 0 saturated carbocycles. The smallest absolute Gasteiger partial charge is 0.267 e. The minimum absolute atomic E-state index is 0.0304. The standard InChI is InChI=1S/C20H21N5O4S/c1-14(25-19(26)9-8-18(24-25)16-3-2-11-22-13-16)20(27)23-12-10-15-4-6-17(7-5-15)30(21,28)29/h2-9,11,13-14H,10,12H2,1H3,(H,23,27)(H2,21,28,29). The monoisotopic (exact) mass is 427 g/mol. The predicted octanol–water partition coefficient (Wildman–Crippen LogP) is 0.873. The molecule has 0 spiro atoms. The third-order valence-electron chi connectivity index (χ3n) is 4.49. The number of aromatic nitrogens is 3. The highest BCUT2D eigenvalue weighted by Gasteiger charge is 2.18. The molecule has 2 heterocycles. The second kappa shape index (κ2) is 8.97. The van der Waals surface area contributed by atoms with Gasteiger partial charge in [0.05, 0.1) is 10.6 Å². The highest BCUT2D eigenvalue weighted by molar-refractivity contribution is 7.89. The molecule has 0 aliphatic carbocycles. The van der Waals surface area contributed by atoms with E-state index in [1.807, 2.05) is 6.07 Å². The van der Waals surface area contributed by atoms with Crippen LogP contribution < -0.4 is 16.0 Å². The molecule has 156 valence electrons. The maximum Gasteiger partial charge on any atom is 0.267 e. The number of carbonyl (C=O) groups excluding carboxylic acids is 1. The lowest BCUT2D eigenvalue weighted by Crippen LogP contribution is -2.37. The molecular formula is C20H21N5O4S. The summed E-state index contributed by atoms with van der Waals surface area (Å²) in [5.74, 6) is -0.353. The normalized spacial score (nSPS) is 12.3. The zero-order valence-corrected chi connectivity index (χ0v) is 17.0. The van der Waals surface area contributed by atoms with Gasteiger partial charge in [0.25, 0.3) is 5.56 Å². The van der Waals surface area contributed by atoms with Crippen LogP contribution in [-0.4, -0.2) is 35.6 Å². The van der Waals surface area contributed by atoms with E-state index in [1.54, 1.807) is 43.6 Å². The average molecular weight is 427 g/mol. The van der Waals surface area contributed by atoms with Crippen molar-refractivity contribution in [2.45, 2.75) is 24.3 Å². The molecule has 10 heteroatoms. The first-order chi connectivity index (χ1) is 14.3. The van der Waals surface area contributed by atoms with Crippen molar-refractivity contribution in [3.8, 4) is 11.3 Å². The van der Waals surface area contributed by atoms with Gasteiger partial charge in [-0.25, -0.2) is 18.2 Å². The Hall–Kier alpha value is -3.37. The van der Waals surface area contributed by atoms with Crippen molar-refractivity contribution >= 4 is 15.9 Å². The molecule has 0 radical (unpaired) electrons. The summed E-state index contributed by atoms with van der Waals surface area (Å²) in [5.41, 5.74) is 1.73. The fraction of sp³-hybridized carbons (Fsp3) is 0.200. The van der Waals surface area contributed by atoms with Gasteiger partial charge in [0.2, 0.25) is 15.9 Å². The molecule has 0 saturated heterocycles. The second-order valence-corrected chi connectivity index (χ2v) is 8.21. The first kappa shape index (κ1) is 21.3. The van der Waals surface area contributed by atoms with Crippen LogP contribution in [-0.2, 0) is 21.2 Å². The summed E-state index contributed by atoms with van der Waals surface area (Å²) in [6, 6.07) is 11.8. The van der Waals surface area contributed by atoms with Crippen LogP contribution in [0.1, 0.15) is 18.5 Å². The Kier molecular flexibility index (Phi) is 6.38. The highest BCUT2D eigenvalue weighted by Crippen LogP contribution is 2.14. The van der Waals surface area contributed by atoms with E-state index < -0.39 is 16.1 Å². The van der Waals surface area contributed by atoms with Crippen molar-refractivity contribution in [3.05, 3.63) is 76.8 Å². The van der Waals surface area contributed by atoms with Crippen LogP contribution in [0.15, 0.2) is 70.6 Å². The van der Waals surface area contributed by atoms with E-state index in [2.05, 4.69) is 15.4 Å². The largest absolute Gasteiger partial charge is 0.354 e. The minimum Gasteiger partial charge on any atom is -0.354 e. The summed E-state index contributed by atoms with van der Waals surface area (Å²) in [4.78, 5) is 28.8. The number of amides is 1. The number of pyridine rings is 1. The number of nitrogens with two attached hydrogens (primary N) is 1. The van der Waals surface area contributed by atoms with E-state index in [4.69, 9.17) is 5.14 Å². The molecule has 30 heavy (non-hydrogen) atoms. The number of nitrogens with zero attached hydrogens (tertiary/aromatic N) is 3. The number of rotatable bonds is 7. The predicted molar refractivity (Wildman–Crippen MR) is 111 cm³/mol. The Balaban J connectivity index is 1.64. The summed E-state index contributed by atoms with van der Waals surface area (Å²) in [7, 11) is -3.74. The van der Waals surface area contributed by atoms with Gasteiger partial charge in [0.1, 0.15) is 6.04 Å². The molecule has 1 atom stereocenters. The van der Waals surface area contributed by atoms with E-state index in [-0.39, 0.29) is 16.4 Å². The zero-order chi connectivity index (χ0) is 21.7. The molecule has 1 unspecified atom stereocenters. The maximum absolute atomic E-state index is 12.5. The van der Waals surface area contributed by atoms with Gasteiger partial charge in [-0.2, -0.15) is 5.10 Å². The van der Waals surface area contributed by atoms with Crippen LogP contribution in [0, 0.1) is 0 Å². The third-order valence-corrected chi connectivity index (χ3v) is 5.42. The van der Waals surface area contributed by atoms with Crippen molar-refractivity contribution in [3.63, 3.8) is 0 Å². The second-order valence-electron chi connectivity index (χ2n) is 6.65. The summed E-state index contributed by atoms with van der Waals surface area (Å²) in [5, 5.41) is 12.1. The average Bonchev–Trinajstić information content (AvgIpc) is 2.74. The van der Waals surface area contributed by atoms with Crippen molar-refractivity contribution in [2.75, 3.05) is 6.54 Å². The number of primary sulfonamides is 1. The van der Waals surface area contributed by atoms with E-state index >= 15 is 0 Å². The third kappa shape index (κ3) is 5.16. The Bertz CT molecular complexity index is 1190. The number of carbonyl (C=O) groups is 1. The van der Waals surface area contributed by atoms with E-state index in [0.29, 0.717) is 18.7 Å². The molecule has 2 aromatic heterocycles. The maximum atomic E-state index is 12.5. The Morgan fingerprint density at radius 2 is 1.90 bits per heavy atom. The summed E-state index contributed by atoms with van der Waals surface area (Å²) < 4.78 is 23.7. The lowest BCUT2D eigenvalue weighted by molar-refractivity contribution is -0.124. The molecule has 3 N–H and O–H groups in total. The minimum atomic E-state index is -3.74. The van der Waals surface area contributed by atoms with Gasteiger partial charge in [-0.15, -0.1) is 0 Å². The van der Waals surface area contributed by atoms with Crippen LogP contribution in [0.3, 0.4) is 0 Å². The number of benzene rings is 1. The lowest BCUT2D eigenvalue weighted by Gasteiger charge is -2.15. The summed E-state index contributed by atoms with van der Waals surface area (Å²) in [6.07, 6.45) is 3.75. The van der Waals surface area contributed by atoms with Gasteiger partial charge < -0.3 is 5.32 Å². The molecular weight excluding hydrogens is 406 g/mol. The summed E-state index contributed by atoms with van der Waals surface area (Å²) >= 11 is 0. The van der Waals surface area contributed by atoms with Crippen molar-refractivity contribution in [2.24, 2.45) is 5.14 Å². The van der Waals surface area contributed by atoms with E-state index in [9.17, 15) is 18.0 Å². The number of hydrogen-bond acceptors (Lipinski definition) is 6. The van der Waals surface area contributed by atoms with E-state index in [0.717, 1.165) is 15.8 Å². The molecule has 1 aromatic carbocycles. The molecule has 0 bridgehead atoms. The number of sulfonamides is 1. The van der Waals surface area contributed by atoms with E-state index in [1.165, 1.54) is 18.2 Å². The SMILES string of the molecule is CC(C(=O)NCCc1ccc(S(N)(=O)=O)cc1)n1nc(-c2cccnc2)ccc1=O. The molecule has 0 fully saturated rings. The number of hydrogen-bond donors (Lipinski definition) is 2. The zero-order valence-electron chi connectivity index (χ0n) is 16.2. The Morgan fingerprint density at radius 1 is 1.17 bits per heavy atom. The molecule has 9 nitrogen and oxygen atoms in total. The van der Waals surface area contributed by atoms with Gasteiger partial charge in [0, 0.05) is 30.6 Å². The van der Waals surface area contributed by atoms with Gasteiger partial charge in [-0.1, -0.05) is 12.1 Å². The fourth-order valence-corrected chi connectivity index (χ4v) is 3.32. The van der Waals surface area contributed by atoms with Gasteiger partial charge >= 0.3 is 0 Å². The molecule has 0 aliphatic rings. The van der Waals surface area contributed by atoms with Crippen LogP contribution in [0.5, 0.6) is 0 Å². The summed E-state index contributed by atoms with van der Waals surface area (Å²) in [6.45, 7) is 1.91. The first-order valence-electron chi connectivity index (χ1n) is 9.15. The highest BCUT2D eigenvalue weighted by atomic mass is 32.2. The lowest BCUT2D eigenvalue weighted by atomic mass is 10.1. The fourth-order valence-electron chi connectivity index (χ4n) is 2.81.